The van der Waals surface area contributed by atoms with Gasteiger partial charge in [0.1, 0.15) is 5.60 Å². The number of hydrogen-bond acceptors (Lipinski definition) is 3. The van der Waals surface area contributed by atoms with Crippen LogP contribution in [-0.2, 0) is 16.0 Å². The minimum absolute atomic E-state index is 0.514. The van der Waals surface area contributed by atoms with Crippen molar-refractivity contribution in [2.24, 2.45) is 0 Å². The Morgan fingerprint density at radius 3 is 2.20 bits per heavy atom. The number of amides is 1. The van der Waals surface area contributed by atoms with Crippen LogP contribution in [0.3, 0.4) is 0 Å². The molecule has 1 aromatic rings. The Kier molecular flexibility index (Phi) is 5.13. The maximum atomic E-state index is 11.7. The van der Waals surface area contributed by atoms with E-state index in [4.69, 9.17) is 4.74 Å². The molecule has 1 atom stereocenters. The quantitative estimate of drug-likeness (QED) is 0.888. The summed E-state index contributed by atoms with van der Waals surface area (Å²) >= 11 is 0. The molecule has 0 saturated carbocycles. The number of benzene rings is 1. The third kappa shape index (κ3) is 4.91. The zero-order valence-corrected chi connectivity index (χ0v) is 12.3. The van der Waals surface area contributed by atoms with Gasteiger partial charge in [0.2, 0.25) is 0 Å². The van der Waals surface area contributed by atoms with E-state index in [1.807, 2.05) is 19.1 Å². The highest BCUT2D eigenvalue weighted by atomic mass is 16.6. The normalized spacial score (nSPS) is 12.6. The first-order chi connectivity index (χ1) is 9.23. The molecule has 0 spiro atoms. The minimum atomic E-state index is -1.12. The largest absolute Gasteiger partial charge is 0.479 e. The number of alkyl carbamates (subject to hydrolysis) is 1. The zero-order valence-electron chi connectivity index (χ0n) is 12.3. The number of hydrogen-bond donors (Lipinski definition) is 2. The monoisotopic (exact) mass is 279 g/mol. The second-order valence-corrected chi connectivity index (χ2v) is 5.51. The van der Waals surface area contributed by atoms with Crippen LogP contribution < -0.4 is 5.32 Å². The fourth-order valence-corrected chi connectivity index (χ4v) is 1.66. The molecule has 20 heavy (non-hydrogen) atoms. The van der Waals surface area contributed by atoms with E-state index in [2.05, 4.69) is 5.32 Å². The van der Waals surface area contributed by atoms with Gasteiger partial charge in [0.25, 0.3) is 0 Å². The molecule has 1 amide bonds. The number of carbonyl (C=O) groups excluding carboxylic acids is 1. The molecule has 0 aromatic heterocycles. The van der Waals surface area contributed by atoms with E-state index in [9.17, 15) is 14.7 Å². The Labute approximate surface area is 118 Å². The molecule has 5 heteroatoms. The lowest BCUT2D eigenvalue weighted by Gasteiger charge is -2.22. The van der Waals surface area contributed by atoms with Crippen molar-refractivity contribution in [2.45, 2.75) is 45.8 Å². The molecule has 0 fully saturated rings. The van der Waals surface area contributed by atoms with Crippen molar-refractivity contribution in [3.05, 3.63) is 35.4 Å². The first-order valence-corrected chi connectivity index (χ1v) is 6.54. The lowest BCUT2D eigenvalue weighted by Crippen LogP contribution is -2.38. The summed E-state index contributed by atoms with van der Waals surface area (Å²) in [5.41, 5.74) is 0.954. The van der Waals surface area contributed by atoms with Gasteiger partial charge >= 0.3 is 12.1 Å². The highest BCUT2D eigenvalue weighted by Gasteiger charge is 2.25. The molecule has 0 radical (unpaired) electrons. The molecular formula is C15H21NO4. The predicted molar refractivity (Wildman–Crippen MR) is 75.6 cm³/mol. The molecule has 1 rings (SSSR count). The van der Waals surface area contributed by atoms with E-state index in [1.54, 1.807) is 32.9 Å². The Bertz CT molecular complexity index is 474. The third-order valence-electron chi connectivity index (χ3n) is 2.63. The second-order valence-electron chi connectivity index (χ2n) is 5.51. The van der Waals surface area contributed by atoms with Crippen molar-refractivity contribution >= 4 is 12.1 Å². The maximum absolute atomic E-state index is 11.7. The molecule has 0 bridgehead atoms. The number of carboxylic acids is 1. The summed E-state index contributed by atoms with van der Waals surface area (Å²) in [7, 11) is 0. The Morgan fingerprint density at radius 2 is 1.80 bits per heavy atom. The van der Waals surface area contributed by atoms with Crippen LogP contribution in [0.15, 0.2) is 24.3 Å². The summed E-state index contributed by atoms with van der Waals surface area (Å²) in [5, 5.41) is 11.6. The maximum Gasteiger partial charge on any atom is 0.408 e. The number of rotatable bonds is 4. The summed E-state index contributed by atoms with van der Waals surface area (Å²) in [4.78, 5) is 23.0. The van der Waals surface area contributed by atoms with Crippen LogP contribution in [0.25, 0.3) is 0 Å². The number of aliphatic carboxylic acids is 1. The summed E-state index contributed by atoms with van der Waals surface area (Å²) in [6.45, 7) is 7.18. The smallest absolute Gasteiger partial charge is 0.408 e. The van der Waals surface area contributed by atoms with E-state index in [0.29, 0.717) is 5.56 Å². The fraction of sp³-hybridized carbons (Fsp3) is 0.467. The predicted octanol–water partition coefficient (Wildman–Crippen LogP) is 2.90. The SMILES string of the molecule is CCc1ccc([C@H](NC(=O)OC(C)(C)C)C(=O)O)cc1. The molecule has 0 aliphatic rings. The molecule has 0 saturated heterocycles. The van der Waals surface area contributed by atoms with Gasteiger partial charge in [-0.05, 0) is 38.3 Å². The average molecular weight is 279 g/mol. The Morgan fingerprint density at radius 1 is 1.25 bits per heavy atom. The number of carbonyl (C=O) groups is 2. The lowest BCUT2D eigenvalue weighted by atomic mass is 10.0. The molecule has 110 valence electrons. The molecule has 0 heterocycles. The van der Waals surface area contributed by atoms with E-state index < -0.39 is 23.7 Å². The van der Waals surface area contributed by atoms with E-state index in [-0.39, 0.29) is 0 Å². The average Bonchev–Trinajstić information content (AvgIpc) is 2.34. The number of aryl methyl sites for hydroxylation is 1. The van der Waals surface area contributed by atoms with Crippen molar-refractivity contribution in [3.63, 3.8) is 0 Å². The highest BCUT2D eigenvalue weighted by Crippen LogP contribution is 2.16. The fourth-order valence-electron chi connectivity index (χ4n) is 1.66. The summed E-state index contributed by atoms with van der Waals surface area (Å²) in [6, 6.07) is 5.99. The molecule has 5 nitrogen and oxygen atoms in total. The van der Waals surface area contributed by atoms with Gasteiger partial charge in [0.05, 0.1) is 0 Å². The lowest BCUT2D eigenvalue weighted by molar-refractivity contribution is -0.139. The van der Waals surface area contributed by atoms with Crippen molar-refractivity contribution in [3.8, 4) is 0 Å². The van der Waals surface area contributed by atoms with E-state index in [0.717, 1.165) is 12.0 Å². The first kappa shape index (κ1) is 16.0. The van der Waals surface area contributed by atoms with E-state index >= 15 is 0 Å². The number of ether oxygens (including phenoxy) is 1. The molecule has 0 aliphatic heterocycles. The van der Waals surface area contributed by atoms with E-state index in [1.165, 1.54) is 0 Å². The van der Waals surface area contributed by atoms with Gasteiger partial charge in [-0.2, -0.15) is 0 Å². The van der Waals surface area contributed by atoms with Gasteiger partial charge in [0.15, 0.2) is 6.04 Å². The summed E-state index contributed by atoms with van der Waals surface area (Å²) in [6.07, 6.45) is 0.127. The Balaban J connectivity index is 2.83. The Hall–Kier alpha value is -2.04. The van der Waals surface area contributed by atoms with Crippen molar-refractivity contribution in [2.75, 3.05) is 0 Å². The van der Waals surface area contributed by atoms with Crippen LogP contribution in [0, 0.1) is 0 Å². The molecule has 0 aliphatic carbocycles. The van der Waals surface area contributed by atoms with Crippen molar-refractivity contribution in [1.82, 2.24) is 5.32 Å². The van der Waals surface area contributed by atoms with Gasteiger partial charge in [-0.3, -0.25) is 0 Å². The second kappa shape index (κ2) is 6.41. The van der Waals surface area contributed by atoms with Crippen molar-refractivity contribution < 1.29 is 19.4 Å². The molecular weight excluding hydrogens is 258 g/mol. The first-order valence-electron chi connectivity index (χ1n) is 6.54. The topological polar surface area (TPSA) is 75.6 Å². The van der Waals surface area contributed by atoms with Crippen molar-refractivity contribution in [1.29, 1.82) is 0 Å². The standard InChI is InChI=1S/C15H21NO4/c1-5-10-6-8-11(9-7-10)12(13(17)18)16-14(19)20-15(2,3)4/h6-9,12H,5H2,1-4H3,(H,16,19)(H,17,18)/t12-/m0/s1. The zero-order chi connectivity index (χ0) is 15.3. The summed E-state index contributed by atoms with van der Waals surface area (Å²) < 4.78 is 5.07. The highest BCUT2D eigenvalue weighted by molar-refractivity contribution is 5.81. The minimum Gasteiger partial charge on any atom is -0.479 e. The van der Waals surface area contributed by atoms with Gasteiger partial charge in [0, 0.05) is 0 Å². The van der Waals surface area contributed by atoms with Gasteiger partial charge in [-0.1, -0.05) is 31.2 Å². The van der Waals surface area contributed by atoms with Crippen LogP contribution in [-0.4, -0.2) is 22.8 Å². The third-order valence-corrected chi connectivity index (χ3v) is 2.63. The van der Waals surface area contributed by atoms with Crippen LogP contribution in [0.2, 0.25) is 0 Å². The number of nitrogens with one attached hydrogen (secondary N) is 1. The molecule has 2 N–H and O–H groups in total. The van der Waals surface area contributed by atoms with Gasteiger partial charge < -0.3 is 15.2 Å². The van der Waals surface area contributed by atoms with Crippen LogP contribution >= 0.6 is 0 Å². The molecule has 1 aromatic carbocycles. The van der Waals surface area contributed by atoms with Gasteiger partial charge in [-0.15, -0.1) is 0 Å². The summed E-state index contributed by atoms with van der Waals surface area (Å²) in [5.74, 6) is -1.12. The van der Waals surface area contributed by atoms with Crippen LogP contribution in [0.5, 0.6) is 0 Å². The number of carboxylic acid groups (broad SMARTS) is 1. The van der Waals surface area contributed by atoms with Gasteiger partial charge in [-0.25, -0.2) is 9.59 Å². The van der Waals surface area contributed by atoms with Crippen LogP contribution in [0.4, 0.5) is 4.79 Å². The van der Waals surface area contributed by atoms with Crippen LogP contribution in [0.1, 0.15) is 44.9 Å². The molecule has 0 unspecified atom stereocenters.